The Kier molecular flexibility index (Phi) is 3.05. The lowest BCUT2D eigenvalue weighted by molar-refractivity contribution is 0.104. The number of hydrogen-bond donors (Lipinski definition) is 0. The lowest BCUT2D eigenvalue weighted by Gasteiger charge is -2.04. The molecule has 0 N–H and O–H groups in total. The number of ketones is 1. The molecule has 2 heterocycles. The summed E-state index contributed by atoms with van der Waals surface area (Å²) in [7, 11) is 0. The van der Waals surface area contributed by atoms with Crippen LogP contribution in [0.4, 0.5) is 0 Å². The van der Waals surface area contributed by atoms with Crippen molar-refractivity contribution < 1.29 is 4.79 Å². The fourth-order valence-electron chi connectivity index (χ4n) is 2.03. The van der Waals surface area contributed by atoms with E-state index in [-0.39, 0.29) is 5.78 Å². The van der Waals surface area contributed by atoms with Crippen molar-refractivity contribution in [3.8, 4) is 0 Å². The molecule has 0 fully saturated rings. The summed E-state index contributed by atoms with van der Waals surface area (Å²) in [6.07, 6.45) is 4.08. The number of pyridine rings is 1. The van der Waals surface area contributed by atoms with Crippen LogP contribution in [0.3, 0.4) is 0 Å². The van der Waals surface area contributed by atoms with Crippen LogP contribution in [0.1, 0.15) is 27.9 Å². The van der Waals surface area contributed by atoms with E-state index >= 15 is 0 Å². The van der Waals surface area contributed by atoms with Crippen LogP contribution >= 0.6 is 11.5 Å². The van der Waals surface area contributed by atoms with Crippen LogP contribution in [0.2, 0.25) is 0 Å². The summed E-state index contributed by atoms with van der Waals surface area (Å²) in [5.74, 6) is -0.0452. The van der Waals surface area contributed by atoms with Crippen molar-refractivity contribution in [3.05, 3.63) is 52.8 Å². The van der Waals surface area contributed by atoms with Crippen LogP contribution in [0.25, 0.3) is 10.8 Å². The first-order valence-corrected chi connectivity index (χ1v) is 6.77. The van der Waals surface area contributed by atoms with Gasteiger partial charge in [-0.05, 0) is 23.3 Å². The van der Waals surface area contributed by atoms with E-state index in [9.17, 15) is 4.79 Å². The number of carbonyl (C=O) groups is 1. The average molecular weight is 269 g/mol. The number of benzene rings is 1. The Hall–Kier alpha value is -2.14. The molecule has 0 spiro atoms. The number of carbonyl (C=O) groups excluding carboxylic acids is 1. The van der Waals surface area contributed by atoms with Crippen LogP contribution < -0.4 is 0 Å². The molecule has 3 aromatic rings. The van der Waals surface area contributed by atoms with Gasteiger partial charge in [-0.15, -0.1) is 5.10 Å². The summed E-state index contributed by atoms with van der Waals surface area (Å²) < 4.78 is 3.87. The number of rotatable bonds is 3. The fraction of sp³-hybridized carbons (Fsp3) is 0.143. The molecule has 0 saturated carbocycles. The van der Waals surface area contributed by atoms with Gasteiger partial charge in [0.15, 0.2) is 0 Å². The molecular formula is C14H11N3OS. The molecule has 4 nitrogen and oxygen atoms in total. The summed E-state index contributed by atoms with van der Waals surface area (Å²) in [4.78, 5) is 17.3. The summed E-state index contributed by atoms with van der Waals surface area (Å²) in [5, 5.41) is 5.87. The number of nitrogens with zero attached hydrogens (tertiary/aromatic N) is 3. The van der Waals surface area contributed by atoms with Gasteiger partial charge in [0, 0.05) is 23.3 Å². The predicted octanol–water partition coefficient (Wildman–Crippen LogP) is 2.88. The molecule has 3 rings (SSSR count). The van der Waals surface area contributed by atoms with Crippen LogP contribution in [-0.4, -0.2) is 20.4 Å². The van der Waals surface area contributed by atoms with Crippen molar-refractivity contribution in [3.63, 3.8) is 0 Å². The van der Waals surface area contributed by atoms with Crippen molar-refractivity contribution in [2.75, 3.05) is 0 Å². The van der Waals surface area contributed by atoms with Gasteiger partial charge in [-0.3, -0.25) is 9.78 Å². The third kappa shape index (κ3) is 2.02. The van der Waals surface area contributed by atoms with Crippen LogP contribution in [0.5, 0.6) is 0 Å². The van der Waals surface area contributed by atoms with Gasteiger partial charge in [0.25, 0.3) is 0 Å². The first-order valence-electron chi connectivity index (χ1n) is 6.00. The van der Waals surface area contributed by atoms with Crippen molar-refractivity contribution in [1.82, 2.24) is 14.6 Å². The normalized spacial score (nSPS) is 10.8. The number of hydrogen-bond acceptors (Lipinski definition) is 5. The van der Waals surface area contributed by atoms with Crippen LogP contribution in [-0.2, 0) is 6.42 Å². The van der Waals surface area contributed by atoms with Gasteiger partial charge < -0.3 is 0 Å². The fourth-order valence-corrected chi connectivity index (χ4v) is 2.74. The zero-order valence-corrected chi connectivity index (χ0v) is 11.1. The predicted molar refractivity (Wildman–Crippen MR) is 74.5 cm³/mol. The van der Waals surface area contributed by atoms with E-state index < -0.39 is 0 Å². The standard InChI is InChI=1S/C14H11N3OS/c1-2-12-14(19-17-16-12)13(18)11-8-15-7-9-5-3-4-6-10(9)11/h3-8H,2H2,1H3. The molecule has 0 unspecified atom stereocenters. The molecule has 94 valence electrons. The summed E-state index contributed by atoms with van der Waals surface area (Å²) in [6.45, 7) is 1.97. The lowest BCUT2D eigenvalue weighted by atomic mass is 10.0. The first-order chi connectivity index (χ1) is 9.31. The van der Waals surface area contributed by atoms with Gasteiger partial charge in [-0.2, -0.15) is 0 Å². The van der Waals surface area contributed by atoms with E-state index in [1.165, 1.54) is 0 Å². The van der Waals surface area contributed by atoms with Crippen LogP contribution in [0.15, 0.2) is 36.7 Å². The van der Waals surface area contributed by atoms with Gasteiger partial charge in [0.05, 0.1) is 5.69 Å². The molecule has 0 radical (unpaired) electrons. The highest BCUT2D eigenvalue weighted by Crippen LogP contribution is 2.22. The highest BCUT2D eigenvalue weighted by molar-refractivity contribution is 7.08. The third-order valence-electron chi connectivity index (χ3n) is 3.01. The van der Waals surface area contributed by atoms with Gasteiger partial charge in [-0.1, -0.05) is 35.7 Å². The molecule has 1 aromatic carbocycles. The quantitative estimate of drug-likeness (QED) is 0.686. The van der Waals surface area contributed by atoms with Crippen molar-refractivity contribution >= 4 is 28.1 Å². The largest absolute Gasteiger partial charge is 0.287 e. The minimum Gasteiger partial charge on any atom is -0.287 e. The maximum atomic E-state index is 12.6. The highest BCUT2D eigenvalue weighted by atomic mass is 32.1. The third-order valence-corrected chi connectivity index (χ3v) is 3.78. The van der Waals surface area contributed by atoms with Gasteiger partial charge in [0.1, 0.15) is 4.88 Å². The van der Waals surface area contributed by atoms with Crippen molar-refractivity contribution in [1.29, 1.82) is 0 Å². The molecule has 0 amide bonds. The molecular weight excluding hydrogens is 258 g/mol. The second-order valence-corrected chi connectivity index (χ2v) is 4.89. The minimum absolute atomic E-state index is 0.0452. The molecule has 0 aliphatic carbocycles. The van der Waals surface area contributed by atoms with Crippen molar-refractivity contribution in [2.45, 2.75) is 13.3 Å². The van der Waals surface area contributed by atoms with E-state index in [0.29, 0.717) is 16.9 Å². The first kappa shape index (κ1) is 11.9. The molecule has 0 aliphatic heterocycles. The Morgan fingerprint density at radius 2 is 2.11 bits per heavy atom. The number of aryl methyl sites for hydroxylation is 1. The second kappa shape index (κ2) is 4.85. The topological polar surface area (TPSA) is 55.7 Å². The maximum absolute atomic E-state index is 12.6. The molecule has 5 heteroatoms. The molecule has 0 aliphatic rings. The molecule has 0 bridgehead atoms. The smallest absolute Gasteiger partial charge is 0.208 e. The SMILES string of the molecule is CCc1nnsc1C(=O)c1cncc2ccccc12. The Labute approximate surface area is 114 Å². The van der Waals surface area contributed by atoms with Gasteiger partial charge >= 0.3 is 0 Å². The molecule has 2 aromatic heterocycles. The van der Waals surface area contributed by atoms with Crippen LogP contribution in [0, 0.1) is 0 Å². The zero-order valence-electron chi connectivity index (χ0n) is 10.3. The highest BCUT2D eigenvalue weighted by Gasteiger charge is 2.19. The average Bonchev–Trinajstić information content (AvgIpc) is 2.94. The van der Waals surface area contributed by atoms with Gasteiger partial charge in [0.2, 0.25) is 5.78 Å². The number of fused-ring (bicyclic) bond motifs is 1. The summed E-state index contributed by atoms with van der Waals surface area (Å²) in [5.41, 5.74) is 1.36. The van der Waals surface area contributed by atoms with E-state index in [0.717, 1.165) is 28.0 Å². The number of aromatic nitrogens is 3. The molecule has 0 saturated heterocycles. The van der Waals surface area contributed by atoms with Gasteiger partial charge in [-0.25, -0.2) is 0 Å². The van der Waals surface area contributed by atoms with E-state index in [1.807, 2.05) is 31.2 Å². The van der Waals surface area contributed by atoms with E-state index in [4.69, 9.17) is 0 Å². The zero-order chi connectivity index (χ0) is 13.2. The summed E-state index contributed by atoms with van der Waals surface area (Å²) in [6, 6.07) is 7.74. The Morgan fingerprint density at radius 1 is 1.26 bits per heavy atom. The van der Waals surface area contributed by atoms with Crippen molar-refractivity contribution in [2.24, 2.45) is 0 Å². The lowest BCUT2D eigenvalue weighted by Crippen LogP contribution is -2.04. The monoisotopic (exact) mass is 269 g/mol. The van der Waals surface area contributed by atoms with E-state index in [2.05, 4.69) is 14.6 Å². The summed E-state index contributed by atoms with van der Waals surface area (Å²) >= 11 is 1.15. The minimum atomic E-state index is -0.0452. The Morgan fingerprint density at radius 3 is 2.95 bits per heavy atom. The Balaban J connectivity index is 2.17. The maximum Gasteiger partial charge on any atom is 0.208 e. The second-order valence-electron chi connectivity index (χ2n) is 4.14. The molecule has 19 heavy (non-hydrogen) atoms. The Bertz CT molecular complexity index is 746. The van der Waals surface area contributed by atoms with E-state index in [1.54, 1.807) is 12.4 Å². The molecule has 0 atom stereocenters.